The molecule has 0 aliphatic heterocycles. The van der Waals surface area contributed by atoms with Crippen molar-refractivity contribution in [3.05, 3.63) is 53.2 Å². The summed E-state index contributed by atoms with van der Waals surface area (Å²) >= 11 is 1.56. The van der Waals surface area contributed by atoms with Crippen LogP contribution < -0.4 is 0 Å². The van der Waals surface area contributed by atoms with Gasteiger partial charge in [-0.2, -0.15) is 0 Å². The number of nitrogens with one attached hydrogen (secondary N) is 1. The molecule has 0 radical (unpaired) electrons. The third kappa shape index (κ3) is 2.73. The third-order valence-electron chi connectivity index (χ3n) is 3.32. The summed E-state index contributed by atoms with van der Waals surface area (Å²) in [5.41, 5.74) is 4.13. The molecular formula is C16H14N2O2S. The number of carboxylic acid groups (broad SMARTS) is 1. The fraction of sp³-hybridized carbons (Fsp3) is 0.125. The smallest absolute Gasteiger partial charge is 0.352 e. The van der Waals surface area contributed by atoms with Gasteiger partial charge in [-0.05, 0) is 18.1 Å². The molecule has 0 bridgehead atoms. The first-order valence-electron chi connectivity index (χ1n) is 6.64. The maximum atomic E-state index is 10.9. The van der Waals surface area contributed by atoms with E-state index in [1.54, 1.807) is 23.6 Å². The molecule has 5 heteroatoms. The molecule has 2 aromatic heterocycles. The first-order valence-corrected chi connectivity index (χ1v) is 7.52. The molecule has 2 N–H and O–H groups in total. The average molecular weight is 298 g/mol. The van der Waals surface area contributed by atoms with E-state index in [1.165, 1.54) is 5.56 Å². The molecular weight excluding hydrogens is 284 g/mol. The lowest BCUT2D eigenvalue weighted by Crippen LogP contribution is -1.94. The highest BCUT2D eigenvalue weighted by atomic mass is 32.1. The van der Waals surface area contributed by atoms with Gasteiger partial charge in [0.1, 0.15) is 10.7 Å². The minimum absolute atomic E-state index is 0.173. The normalized spacial score (nSPS) is 10.7. The second-order valence-corrected chi connectivity index (χ2v) is 5.55. The van der Waals surface area contributed by atoms with Gasteiger partial charge in [-0.15, -0.1) is 11.3 Å². The zero-order valence-corrected chi connectivity index (χ0v) is 12.3. The van der Waals surface area contributed by atoms with E-state index in [2.05, 4.69) is 41.2 Å². The molecule has 0 amide bonds. The summed E-state index contributed by atoms with van der Waals surface area (Å²) in [7, 11) is 0. The summed E-state index contributed by atoms with van der Waals surface area (Å²) in [5, 5.41) is 11.8. The second-order valence-electron chi connectivity index (χ2n) is 4.70. The monoisotopic (exact) mass is 298 g/mol. The van der Waals surface area contributed by atoms with Crippen molar-refractivity contribution in [3.8, 4) is 21.8 Å². The Morgan fingerprint density at radius 1 is 1.29 bits per heavy atom. The zero-order valence-electron chi connectivity index (χ0n) is 11.5. The van der Waals surface area contributed by atoms with Crippen LogP contribution >= 0.6 is 11.3 Å². The number of hydrogen-bond acceptors (Lipinski definition) is 3. The second kappa shape index (κ2) is 5.54. The highest BCUT2D eigenvalue weighted by molar-refractivity contribution is 7.13. The molecule has 0 saturated carbocycles. The van der Waals surface area contributed by atoms with Gasteiger partial charge in [0.15, 0.2) is 0 Å². The maximum Gasteiger partial charge on any atom is 0.352 e. The number of aromatic carboxylic acids is 1. The first-order chi connectivity index (χ1) is 10.2. The third-order valence-corrected chi connectivity index (χ3v) is 4.21. The van der Waals surface area contributed by atoms with Crippen molar-refractivity contribution in [1.82, 2.24) is 9.97 Å². The number of H-pyrrole nitrogens is 1. The number of hydrogen-bond donors (Lipinski definition) is 2. The van der Waals surface area contributed by atoms with Crippen LogP contribution in [-0.4, -0.2) is 21.0 Å². The average Bonchev–Trinajstić information content (AvgIpc) is 3.16. The number of nitrogens with zero attached hydrogens (tertiary/aromatic N) is 1. The van der Waals surface area contributed by atoms with E-state index in [4.69, 9.17) is 5.11 Å². The minimum atomic E-state index is -0.966. The fourth-order valence-electron chi connectivity index (χ4n) is 2.09. The Morgan fingerprint density at radius 3 is 2.67 bits per heavy atom. The molecule has 0 spiro atoms. The standard InChI is InChI=1S/C16H14N2O2S/c1-2-10-3-5-11(6-4-10)15-18-14(9-21-15)12-7-13(16(19)20)17-8-12/h3-9,17H,2H2,1H3,(H,19,20). The van der Waals surface area contributed by atoms with Crippen molar-refractivity contribution >= 4 is 17.3 Å². The van der Waals surface area contributed by atoms with Crippen LogP contribution in [0.4, 0.5) is 0 Å². The van der Waals surface area contributed by atoms with Crippen molar-refractivity contribution < 1.29 is 9.90 Å². The molecule has 0 fully saturated rings. The summed E-state index contributed by atoms with van der Waals surface area (Å²) in [6.45, 7) is 2.13. The Kier molecular flexibility index (Phi) is 3.58. The van der Waals surface area contributed by atoms with Gasteiger partial charge in [0.05, 0.1) is 5.69 Å². The van der Waals surface area contributed by atoms with Crippen LogP contribution in [0.15, 0.2) is 41.9 Å². The molecule has 2 heterocycles. The van der Waals surface area contributed by atoms with Gasteiger partial charge < -0.3 is 10.1 Å². The van der Waals surface area contributed by atoms with Crippen LogP contribution in [0.1, 0.15) is 23.0 Å². The van der Waals surface area contributed by atoms with E-state index in [0.29, 0.717) is 0 Å². The van der Waals surface area contributed by atoms with E-state index >= 15 is 0 Å². The fourth-order valence-corrected chi connectivity index (χ4v) is 2.92. The maximum absolute atomic E-state index is 10.9. The summed E-state index contributed by atoms with van der Waals surface area (Å²) in [4.78, 5) is 18.2. The molecule has 21 heavy (non-hydrogen) atoms. The van der Waals surface area contributed by atoms with Crippen molar-refractivity contribution in [2.75, 3.05) is 0 Å². The van der Waals surface area contributed by atoms with Gasteiger partial charge >= 0.3 is 5.97 Å². The molecule has 3 aromatic rings. The molecule has 3 rings (SSSR count). The summed E-state index contributed by atoms with van der Waals surface area (Å²) in [6, 6.07) is 9.95. The molecule has 0 aliphatic rings. The number of rotatable bonds is 4. The highest BCUT2D eigenvalue weighted by Gasteiger charge is 2.11. The molecule has 0 aliphatic carbocycles. The Morgan fingerprint density at radius 2 is 2.05 bits per heavy atom. The molecule has 0 saturated heterocycles. The van der Waals surface area contributed by atoms with Crippen LogP contribution in [0.2, 0.25) is 0 Å². The van der Waals surface area contributed by atoms with Gasteiger partial charge in [0, 0.05) is 22.7 Å². The topological polar surface area (TPSA) is 66.0 Å². The van der Waals surface area contributed by atoms with Gasteiger partial charge in [0.2, 0.25) is 0 Å². The Bertz CT molecular complexity index is 772. The highest BCUT2D eigenvalue weighted by Crippen LogP contribution is 2.29. The van der Waals surface area contributed by atoms with E-state index in [1.807, 2.05) is 5.38 Å². The van der Waals surface area contributed by atoms with Crippen molar-refractivity contribution in [3.63, 3.8) is 0 Å². The molecule has 0 atom stereocenters. The van der Waals surface area contributed by atoms with Gasteiger partial charge in [-0.25, -0.2) is 9.78 Å². The van der Waals surface area contributed by atoms with E-state index in [0.717, 1.165) is 28.2 Å². The predicted molar refractivity (Wildman–Crippen MR) is 83.7 cm³/mol. The van der Waals surface area contributed by atoms with Crippen LogP contribution in [0.5, 0.6) is 0 Å². The van der Waals surface area contributed by atoms with E-state index in [9.17, 15) is 4.79 Å². The SMILES string of the molecule is CCc1ccc(-c2nc(-c3c[nH]c(C(=O)O)c3)cs2)cc1. The minimum Gasteiger partial charge on any atom is -0.477 e. The number of aromatic amines is 1. The number of carbonyl (C=O) groups is 1. The Balaban J connectivity index is 1.89. The first kappa shape index (κ1) is 13.6. The number of carboxylic acids is 1. The molecule has 0 unspecified atom stereocenters. The lowest BCUT2D eigenvalue weighted by Gasteiger charge is -1.98. The summed E-state index contributed by atoms with van der Waals surface area (Å²) in [5.74, 6) is -0.966. The largest absolute Gasteiger partial charge is 0.477 e. The van der Waals surface area contributed by atoms with E-state index < -0.39 is 5.97 Å². The van der Waals surface area contributed by atoms with Crippen LogP contribution in [0.25, 0.3) is 21.8 Å². The lowest BCUT2D eigenvalue weighted by molar-refractivity contribution is 0.0691. The lowest BCUT2D eigenvalue weighted by atomic mass is 10.1. The van der Waals surface area contributed by atoms with E-state index in [-0.39, 0.29) is 5.69 Å². The predicted octanol–water partition coefficient (Wildman–Crippen LogP) is 4.07. The zero-order chi connectivity index (χ0) is 14.8. The van der Waals surface area contributed by atoms with Gasteiger partial charge in [-0.1, -0.05) is 31.2 Å². The van der Waals surface area contributed by atoms with Crippen LogP contribution in [0.3, 0.4) is 0 Å². The van der Waals surface area contributed by atoms with Crippen LogP contribution in [0, 0.1) is 0 Å². The van der Waals surface area contributed by atoms with Crippen molar-refractivity contribution in [2.24, 2.45) is 0 Å². The number of aromatic nitrogens is 2. The summed E-state index contributed by atoms with van der Waals surface area (Å²) in [6.07, 6.45) is 2.69. The van der Waals surface area contributed by atoms with Gasteiger partial charge in [-0.3, -0.25) is 0 Å². The quantitative estimate of drug-likeness (QED) is 0.763. The Hall–Kier alpha value is -2.40. The number of benzene rings is 1. The summed E-state index contributed by atoms with van der Waals surface area (Å²) < 4.78 is 0. The van der Waals surface area contributed by atoms with Crippen LogP contribution in [-0.2, 0) is 6.42 Å². The molecule has 1 aromatic carbocycles. The van der Waals surface area contributed by atoms with Gasteiger partial charge in [0.25, 0.3) is 0 Å². The number of aryl methyl sites for hydroxylation is 1. The van der Waals surface area contributed by atoms with Crippen molar-refractivity contribution in [1.29, 1.82) is 0 Å². The van der Waals surface area contributed by atoms with Crippen molar-refractivity contribution in [2.45, 2.75) is 13.3 Å². The molecule has 4 nitrogen and oxygen atoms in total. The Labute approximate surface area is 126 Å². The number of thiazole rings is 1. The molecule has 106 valence electrons.